The summed E-state index contributed by atoms with van der Waals surface area (Å²) in [6, 6.07) is 56.5. The van der Waals surface area contributed by atoms with Crippen LogP contribution in [-0.4, -0.2) is 0 Å². The topological polar surface area (TPSA) is 0 Å². The maximum Gasteiger partial charge on any atom is 0.0159 e. The summed E-state index contributed by atoms with van der Waals surface area (Å²) in [5.41, 5.74) is 14.4. The number of aryl methyl sites for hydroxylation is 1. The van der Waals surface area contributed by atoms with Gasteiger partial charge in [-0.3, -0.25) is 0 Å². The molecule has 0 radical (unpaired) electrons. The van der Waals surface area contributed by atoms with Crippen LogP contribution in [0.4, 0.5) is 0 Å². The van der Waals surface area contributed by atoms with E-state index in [-0.39, 0.29) is 5.41 Å². The molecule has 8 aromatic rings. The van der Waals surface area contributed by atoms with Crippen LogP contribution in [0.15, 0.2) is 152 Å². The minimum Gasteiger partial charge on any atom is -0.0683 e. The maximum absolute atomic E-state index is 2.47. The fourth-order valence-corrected chi connectivity index (χ4v) is 7.96. The summed E-state index contributed by atoms with van der Waals surface area (Å²) >= 11 is 0. The molecule has 0 N–H and O–H groups in total. The molecule has 1 aliphatic carbocycles. The zero-order chi connectivity index (χ0) is 33.0. The Labute approximate surface area is 284 Å². The molecule has 0 aliphatic heterocycles. The third kappa shape index (κ3) is 4.67. The van der Waals surface area contributed by atoms with Gasteiger partial charge in [0.15, 0.2) is 0 Å². The van der Waals surface area contributed by atoms with E-state index in [1.807, 2.05) is 13.8 Å². The van der Waals surface area contributed by atoms with Crippen LogP contribution in [-0.2, 0) is 5.41 Å². The molecule has 0 aromatic heterocycles. The molecule has 8 aromatic carbocycles. The fourth-order valence-electron chi connectivity index (χ4n) is 7.96. The van der Waals surface area contributed by atoms with Crippen LogP contribution in [0, 0.1) is 6.92 Å². The number of hydrogen-bond donors (Lipinski definition) is 0. The van der Waals surface area contributed by atoms with E-state index in [4.69, 9.17) is 0 Å². The highest BCUT2D eigenvalue weighted by Crippen LogP contribution is 2.51. The first-order valence-corrected chi connectivity index (χ1v) is 17.3. The highest BCUT2D eigenvalue weighted by atomic mass is 14.4. The van der Waals surface area contributed by atoms with Crippen molar-refractivity contribution in [3.8, 4) is 44.5 Å². The van der Waals surface area contributed by atoms with Crippen LogP contribution in [0.5, 0.6) is 0 Å². The Balaban J connectivity index is 0.00000165. The molecule has 0 heteroatoms. The van der Waals surface area contributed by atoms with Crippen LogP contribution in [0.3, 0.4) is 0 Å². The molecule has 0 nitrogen and oxygen atoms in total. The summed E-state index contributed by atoms with van der Waals surface area (Å²) in [4.78, 5) is 0. The third-order valence-corrected chi connectivity index (χ3v) is 10.3. The minimum absolute atomic E-state index is 0.0506. The minimum atomic E-state index is -0.0506. The van der Waals surface area contributed by atoms with E-state index in [0.29, 0.717) is 0 Å². The Morgan fingerprint density at radius 3 is 1.46 bits per heavy atom. The van der Waals surface area contributed by atoms with Crippen molar-refractivity contribution in [2.45, 2.75) is 40.0 Å². The molecule has 0 fully saturated rings. The molecule has 48 heavy (non-hydrogen) atoms. The Kier molecular flexibility index (Phi) is 7.26. The van der Waals surface area contributed by atoms with Crippen molar-refractivity contribution in [3.63, 3.8) is 0 Å². The van der Waals surface area contributed by atoms with E-state index in [9.17, 15) is 0 Å². The van der Waals surface area contributed by atoms with Crippen molar-refractivity contribution in [2.75, 3.05) is 0 Å². The van der Waals surface area contributed by atoms with E-state index >= 15 is 0 Å². The van der Waals surface area contributed by atoms with E-state index in [1.54, 1.807) is 0 Å². The summed E-state index contributed by atoms with van der Waals surface area (Å²) in [6.45, 7) is 10.9. The van der Waals surface area contributed by atoms with E-state index < -0.39 is 0 Å². The van der Waals surface area contributed by atoms with Gasteiger partial charge in [0.25, 0.3) is 0 Å². The molecule has 0 atom stereocenters. The van der Waals surface area contributed by atoms with E-state index in [2.05, 4.69) is 172 Å². The molecular weight excluding hydrogens is 577 g/mol. The molecular formula is C48H40. The summed E-state index contributed by atoms with van der Waals surface area (Å²) in [6.07, 6.45) is 0. The van der Waals surface area contributed by atoms with Crippen molar-refractivity contribution >= 4 is 32.3 Å². The lowest BCUT2D eigenvalue weighted by molar-refractivity contribution is 0.660. The highest BCUT2D eigenvalue weighted by Gasteiger charge is 2.35. The zero-order valence-electron chi connectivity index (χ0n) is 28.4. The third-order valence-electron chi connectivity index (χ3n) is 10.3. The standard InChI is InChI=1S/C46H34.C2H6/c1-29-16-24-36-37-25-23-35(28-43(37)46(2,3)42(36)26-29)45-40-14-8-6-12-38(40)44(39-13-7-9-15-41(39)45)32-20-17-31(18-21-32)34-22-19-30-10-4-5-11-33(30)27-34;1-2/h4-28H,1-3H3;1-2H3. The van der Waals surface area contributed by atoms with Crippen LogP contribution in [0.25, 0.3) is 76.8 Å². The summed E-state index contributed by atoms with van der Waals surface area (Å²) < 4.78 is 0. The second kappa shape index (κ2) is 11.7. The van der Waals surface area contributed by atoms with Crippen LogP contribution < -0.4 is 0 Å². The largest absolute Gasteiger partial charge is 0.0683 e. The van der Waals surface area contributed by atoms with Crippen molar-refractivity contribution in [2.24, 2.45) is 0 Å². The van der Waals surface area contributed by atoms with Gasteiger partial charge in [-0.05, 0) is 107 Å². The number of fused-ring (bicyclic) bond motifs is 6. The molecule has 0 bridgehead atoms. The van der Waals surface area contributed by atoms with E-state index in [1.165, 1.54) is 93.5 Å². The molecule has 9 rings (SSSR count). The molecule has 0 spiro atoms. The van der Waals surface area contributed by atoms with Crippen molar-refractivity contribution in [1.82, 2.24) is 0 Å². The predicted molar refractivity (Wildman–Crippen MR) is 209 cm³/mol. The average Bonchev–Trinajstić information content (AvgIpc) is 3.36. The number of benzene rings is 8. The Hall–Kier alpha value is -5.46. The molecule has 0 amide bonds. The number of rotatable bonds is 3. The lowest BCUT2D eigenvalue weighted by Crippen LogP contribution is -2.15. The van der Waals surface area contributed by atoms with Crippen LogP contribution in [0.2, 0.25) is 0 Å². The first kappa shape index (κ1) is 29.9. The molecule has 0 heterocycles. The molecule has 1 aliphatic rings. The Bertz CT molecular complexity index is 2430. The van der Waals surface area contributed by atoms with Gasteiger partial charge >= 0.3 is 0 Å². The normalized spacial score (nSPS) is 12.9. The van der Waals surface area contributed by atoms with Crippen LogP contribution >= 0.6 is 0 Å². The second-order valence-electron chi connectivity index (χ2n) is 13.4. The lowest BCUT2D eigenvalue weighted by Gasteiger charge is -2.23. The maximum atomic E-state index is 2.47. The summed E-state index contributed by atoms with van der Waals surface area (Å²) in [5.74, 6) is 0. The molecule has 0 saturated heterocycles. The molecule has 0 unspecified atom stereocenters. The molecule has 0 saturated carbocycles. The monoisotopic (exact) mass is 616 g/mol. The predicted octanol–water partition coefficient (Wildman–Crippen LogP) is 13.8. The van der Waals surface area contributed by atoms with Gasteiger partial charge in [-0.2, -0.15) is 0 Å². The van der Waals surface area contributed by atoms with Gasteiger partial charge in [-0.15, -0.1) is 0 Å². The van der Waals surface area contributed by atoms with Gasteiger partial charge in [0.1, 0.15) is 0 Å². The van der Waals surface area contributed by atoms with Gasteiger partial charge in [-0.25, -0.2) is 0 Å². The van der Waals surface area contributed by atoms with Gasteiger partial charge in [0, 0.05) is 5.41 Å². The highest BCUT2D eigenvalue weighted by molar-refractivity contribution is 6.21. The first-order chi connectivity index (χ1) is 23.5. The summed E-state index contributed by atoms with van der Waals surface area (Å²) in [7, 11) is 0. The zero-order valence-corrected chi connectivity index (χ0v) is 28.4. The van der Waals surface area contributed by atoms with Crippen molar-refractivity contribution in [3.05, 3.63) is 168 Å². The van der Waals surface area contributed by atoms with Gasteiger partial charge in [0.05, 0.1) is 0 Å². The van der Waals surface area contributed by atoms with E-state index in [0.717, 1.165) is 0 Å². The van der Waals surface area contributed by atoms with Gasteiger partial charge in [0.2, 0.25) is 0 Å². The second-order valence-corrected chi connectivity index (χ2v) is 13.4. The lowest BCUT2D eigenvalue weighted by atomic mass is 9.80. The Morgan fingerprint density at radius 1 is 0.375 bits per heavy atom. The average molecular weight is 617 g/mol. The number of hydrogen-bond acceptors (Lipinski definition) is 0. The van der Waals surface area contributed by atoms with Crippen LogP contribution in [0.1, 0.15) is 44.4 Å². The van der Waals surface area contributed by atoms with Gasteiger partial charge in [-0.1, -0.05) is 173 Å². The van der Waals surface area contributed by atoms with Crippen molar-refractivity contribution in [1.29, 1.82) is 0 Å². The van der Waals surface area contributed by atoms with Gasteiger partial charge < -0.3 is 0 Å². The first-order valence-electron chi connectivity index (χ1n) is 17.3. The molecule has 232 valence electrons. The smallest absolute Gasteiger partial charge is 0.0159 e. The fraction of sp³-hybridized carbons (Fsp3) is 0.125. The summed E-state index contributed by atoms with van der Waals surface area (Å²) in [5, 5.41) is 7.69. The Morgan fingerprint density at radius 2 is 0.833 bits per heavy atom. The SMILES string of the molecule is CC.Cc1ccc2c(c1)C(C)(C)c1cc(-c3c4ccccc4c(-c4ccc(-c5ccc6ccccc6c5)cc4)c4ccccc34)ccc1-2. The quantitative estimate of drug-likeness (QED) is 0.173. The van der Waals surface area contributed by atoms with Crippen molar-refractivity contribution < 1.29 is 0 Å².